The van der Waals surface area contributed by atoms with E-state index in [2.05, 4.69) is 5.32 Å². The number of amides is 4. The third kappa shape index (κ3) is 5.41. The number of imide groups is 1. The molecule has 176 valence electrons. The molecule has 4 amide bonds. The van der Waals surface area contributed by atoms with Gasteiger partial charge in [0.2, 0.25) is 5.91 Å². The van der Waals surface area contributed by atoms with E-state index in [1.165, 1.54) is 24.3 Å². The summed E-state index contributed by atoms with van der Waals surface area (Å²) in [5, 5.41) is 2.81. The molecule has 2 aromatic carbocycles. The van der Waals surface area contributed by atoms with Gasteiger partial charge in [0.25, 0.3) is 5.91 Å². The fraction of sp³-hybridized carbons (Fsp3) is 0.423. The summed E-state index contributed by atoms with van der Waals surface area (Å²) in [6.45, 7) is 6.58. The minimum absolute atomic E-state index is 0.286. The molecule has 2 aromatic rings. The van der Waals surface area contributed by atoms with Crippen LogP contribution in [0.3, 0.4) is 0 Å². The van der Waals surface area contributed by atoms with Crippen LogP contribution in [0.2, 0.25) is 0 Å². The number of rotatable bonds is 10. The van der Waals surface area contributed by atoms with Crippen molar-refractivity contribution in [2.75, 3.05) is 13.1 Å². The lowest BCUT2D eigenvalue weighted by Crippen LogP contribution is -2.46. The molecule has 1 fully saturated rings. The predicted molar refractivity (Wildman–Crippen MR) is 125 cm³/mol. The summed E-state index contributed by atoms with van der Waals surface area (Å²) in [7, 11) is 0. The zero-order valence-corrected chi connectivity index (χ0v) is 19.6. The minimum Gasteiger partial charge on any atom is -0.337 e. The van der Waals surface area contributed by atoms with Gasteiger partial charge in [-0.15, -0.1) is 0 Å². The molecule has 0 aromatic heterocycles. The second-order valence-electron chi connectivity index (χ2n) is 8.64. The number of halogens is 1. The highest BCUT2D eigenvalue weighted by Gasteiger charge is 2.52. The number of nitrogens with zero attached hydrogens (tertiary/aromatic N) is 2. The highest BCUT2D eigenvalue weighted by atomic mass is 19.1. The first-order valence-corrected chi connectivity index (χ1v) is 11.5. The Morgan fingerprint density at radius 2 is 1.70 bits per heavy atom. The summed E-state index contributed by atoms with van der Waals surface area (Å²) in [5.41, 5.74) is 1.36. The van der Waals surface area contributed by atoms with Crippen LogP contribution < -0.4 is 5.32 Å². The smallest absolute Gasteiger partial charge is 0.325 e. The largest absolute Gasteiger partial charge is 0.337 e. The van der Waals surface area contributed by atoms with Gasteiger partial charge in [-0.05, 0) is 43.0 Å². The number of unbranched alkanes of at least 4 members (excludes halogenated alkanes) is 1. The van der Waals surface area contributed by atoms with Crippen molar-refractivity contribution in [1.29, 1.82) is 0 Å². The number of nitrogens with one attached hydrogen (secondary N) is 1. The van der Waals surface area contributed by atoms with Crippen LogP contribution in [-0.4, -0.2) is 40.7 Å². The lowest BCUT2D eigenvalue weighted by atomic mass is 9.85. The van der Waals surface area contributed by atoms with Crippen molar-refractivity contribution < 1.29 is 18.8 Å². The van der Waals surface area contributed by atoms with Gasteiger partial charge in [0, 0.05) is 13.1 Å². The molecule has 0 saturated carbocycles. The number of hydrogen-bond donors (Lipinski definition) is 1. The zero-order chi connectivity index (χ0) is 24.0. The van der Waals surface area contributed by atoms with Crippen molar-refractivity contribution in [2.24, 2.45) is 0 Å². The Hall–Kier alpha value is -3.22. The predicted octanol–water partition coefficient (Wildman–Crippen LogP) is 4.51. The van der Waals surface area contributed by atoms with E-state index in [9.17, 15) is 18.8 Å². The van der Waals surface area contributed by atoms with Gasteiger partial charge in [0.1, 0.15) is 17.9 Å². The molecule has 1 unspecified atom stereocenters. The first kappa shape index (κ1) is 24.4. The Bertz CT molecular complexity index is 991. The fourth-order valence-corrected chi connectivity index (χ4v) is 4.17. The van der Waals surface area contributed by atoms with Crippen LogP contribution in [0.15, 0.2) is 48.5 Å². The van der Waals surface area contributed by atoms with Crippen LogP contribution in [0.1, 0.15) is 56.2 Å². The van der Waals surface area contributed by atoms with Crippen molar-refractivity contribution >= 4 is 17.8 Å². The fourth-order valence-electron chi connectivity index (χ4n) is 4.17. The Morgan fingerprint density at radius 1 is 1.03 bits per heavy atom. The van der Waals surface area contributed by atoms with Gasteiger partial charge in [0.15, 0.2) is 0 Å². The van der Waals surface area contributed by atoms with Crippen molar-refractivity contribution in [1.82, 2.24) is 15.1 Å². The van der Waals surface area contributed by atoms with Crippen LogP contribution in [0.5, 0.6) is 0 Å². The molecule has 0 spiro atoms. The van der Waals surface area contributed by atoms with E-state index in [1.807, 2.05) is 45.0 Å². The maximum atomic E-state index is 13.5. The second kappa shape index (κ2) is 10.6. The van der Waals surface area contributed by atoms with Gasteiger partial charge in [-0.2, -0.15) is 0 Å². The highest BCUT2D eigenvalue weighted by molar-refractivity contribution is 6.09. The van der Waals surface area contributed by atoms with Crippen LogP contribution in [0, 0.1) is 12.7 Å². The SMILES string of the molecule is CCCCC1(c2ccc(F)cc2)NC(=O)N(CC(=O)N(CCC)Cc2ccc(C)cc2)C1=O. The van der Waals surface area contributed by atoms with Crippen molar-refractivity contribution in [2.45, 2.75) is 58.5 Å². The van der Waals surface area contributed by atoms with Crippen LogP contribution >= 0.6 is 0 Å². The standard InChI is InChI=1S/C26H32FN3O3/c1-4-6-15-26(21-11-13-22(27)14-12-21)24(32)30(25(33)28-26)18-23(31)29(16-5-2)17-20-9-7-19(3)8-10-20/h7-14H,4-6,15-18H2,1-3H3,(H,28,33). The van der Waals surface area contributed by atoms with E-state index >= 15 is 0 Å². The van der Waals surface area contributed by atoms with Crippen molar-refractivity contribution in [3.05, 3.63) is 71.0 Å². The Kier molecular flexibility index (Phi) is 7.84. The summed E-state index contributed by atoms with van der Waals surface area (Å²) in [6, 6.07) is 12.9. The number of benzene rings is 2. The zero-order valence-electron chi connectivity index (χ0n) is 19.6. The van der Waals surface area contributed by atoms with E-state index in [0.717, 1.165) is 28.9 Å². The van der Waals surface area contributed by atoms with Gasteiger partial charge >= 0.3 is 6.03 Å². The van der Waals surface area contributed by atoms with E-state index in [4.69, 9.17) is 0 Å². The molecular formula is C26H32FN3O3. The number of hydrogen-bond acceptors (Lipinski definition) is 3. The van der Waals surface area contributed by atoms with E-state index in [1.54, 1.807) is 4.90 Å². The van der Waals surface area contributed by atoms with Crippen LogP contribution in [0.25, 0.3) is 0 Å². The van der Waals surface area contributed by atoms with Gasteiger partial charge in [0.05, 0.1) is 0 Å². The number of urea groups is 1. The van der Waals surface area contributed by atoms with E-state index in [-0.39, 0.29) is 12.5 Å². The Morgan fingerprint density at radius 3 is 2.30 bits per heavy atom. The molecule has 3 rings (SSSR count). The minimum atomic E-state index is -1.28. The van der Waals surface area contributed by atoms with Gasteiger partial charge in [-0.25, -0.2) is 9.18 Å². The summed E-state index contributed by atoms with van der Waals surface area (Å²) in [5.74, 6) is -1.17. The van der Waals surface area contributed by atoms with Crippen molar-refractivity contribution in [3.63, 3.8) is 0 Å². The number of carbonyl (C=O) groups is 3. The molecule has 1 saturated heterocycles. The lowest BCUT2D eigenvalue weighted by molar-refractivity contribution is -0.139. The summed E-state index contributed by atoms with van der Waals surface area (Å²) < 4.78 is 13.5. The summed E-state index contributed by atoms with van der Waals surface area (Å²) in [4.78, 5) is 42.2. The Labute approximate surface area is 194 Å². The third-order valence-corrected chi connectivity index (χ3v) is 6.05. The lowest BCUT2D eigenvalue weighted by Gasteiger charge is -2.28. The summed E-state index contributed by atoms with van der Waals surface area (Å²) >= 11 is 0. The van der Waals surface area contributed by atoms with Crippen LogP contribution in [0.4, 0.5) is 9.18 Å². The van der Waals surface area contributed by atoms with Gasteiger partial charge in [-0.1, -0.05) is 68.7 Å². The van der Waals surface area contributed by atoms with E-state index < -0.39 is 23.3 Å². The summed E-state index contributed by atoms with van der Waals surface area (Å²) in [6.07, 6.45) is 2.66. The Balaban J connectivity index is 1.81. The molecule has 1 aliphatic heterocycles. The normalized spacial score (nSPS) is 17.9. The molecular weight excluding hydrogens is 421 g/mol. The molecule has 6 nitrogen and oxygen atoms in total. The quantitative estimate of drug-likeness (QED) is 0.538. The molecule has 0 bridgehead atoms. The van der Waals surface area contributed by atoms with Gasteiger partial charge < -0.3 is 10.2 Å². The number of carbonyl (C=O) groups excluding carboxylic acids is 3. The molecule has 1 atom stereocenters. The highest BCUT2D eigenvalue weighted by Crippen LogP contribution is 2.34. The molecule has 7 heteroatoms. The number of aryl methyl sites for hydroxylation is 1. The van der Waals surface area contributed by atoms with Gasteiger partial charge in [-0.3, -0.25) is 14.5 Å². The average Bonchev–Trinajstić information content (AvgIpc) is 3.04. The first-order valence-electron chi connectivity index (χ1n) is 11.5. The third-order valence-electron chi connectivity index (χ3n) is 6.05. The van der Waals surface area contributed by atoms with E-state index in [0.29, 0.717) is 31.5 Å². The van der Waals surface area contributed by atoms with Crippen LogP contribution in [-0.2, 0) is 21.7 Å². The maximum Gasteiger partial charge on any atom is 0.325 e. The first-order chi connectivity index (χ1) is 15.8. The molecule has 0 radical (unpaired) electrons. The molecule has 33 heavy (non-hydrogen) atoms. The van der Waals surface area contributed by atoms with Crippen molar-refractivity contribution in [3.8, 4) is 0 Å². The second-order valence-corrected chi connectivity index (χ2v) is 8.64. The molecule has 0 aliphatic carbocycles. The molecule has 1 heterocycles. The maximum absolute atomic E-state index is 13.5. The monoisotopic (exact) mass is 453 g/mol. The molecule has 1 N–H and O–H groups in total. The average molecular weight is 454 g/mol. The molecule has 1 aliphatic rings. The topological polar surface area (TPSA) is 69.7 Å².